The van der Waals surface area contributed by atoms with Crippen molar-refractivity contribution in [3.63, 3.8) is 0 Å². The Labute approximate surface area is 397 Å². The third-order valence-electron chi connectivity index (χ3n) is 12.1. The highest BCUT2D eigenvalue weighted by Gasteiger charge is 2.23. The molecule has 8 nitrogen and oxygen atoms in total. The number of phosphoric acid groups is 1. The molecule has 64 heavy (non-hydrogen) atoms. The summed E-state index contributed by atoms with van der Waals surface area (Å²) in [6.45, 7) is 4.39. The van der Waals surface area contributed by atoms with E-state index < -0.39 is 26.6 Å². The Morgan fingerprint density at radius 1 is 0.562 bits per heavy atom. The number of hydrogen-bond acceptors (Lipinski definition) is 6. The minimum absolute atomic E-state index is 0.00943. The van der Waals surface area contributed by atoms with Crippen LogP contribution in [0, 0.1) is 0 Å². The maximum Gasteiger partial charge on any atom is 0.268 e. The number of aliphatic hydroxyl groups is 1. The Hall–Kier alpha value is -1.54. The van der Waals surface area contributed by atoms with E-state index in [4.69, 9.17) is 9.05 Å². The lowest BCUT2D eigenvalue weighted by Crippen LogP contribution is -2.45. The quantitative estimate of drug-likeness (QED) is 0.0272. The first-order valence-electron chi connectivity index (χ1n) is 27.0. The van der Waals surface area contributed by atoms with Crippen molar-refractivity contribution in [2.45, 2.75) is 257 Å². The molecule has 0 heterocycles. The van der Waals surface area contributed by atoms with Crippen LogP contribution in [0.4, 0.5) is 0 Å². The van der Waals surface area contributed by atoms with Crippen molar-refractivity contribution in [2.24, 2.45) is 0 Å². The zero-order chi connectivity index (χ0) is 47.1. The van der Waals surface area contributed by atoms with Crippen molar-refractivity contribution < 1.29 is 32.9 Å². The number of quaternary nitrogens is 1. The molecule has 2 N–H and O–H groups in total. The lowest BCUT2D eigenvalue weighted by atomic mass is 10.0. The molecule has 0 saturated heterocycles. The number of hydrogen-bond donors (Lipinski definition) is 2. The Balaban J connectivity index is 3.92. The van der Waals surface area contributed by atoms with Crippen LogP contribution >= 0.6 is 7.82 Å². The smallest absolute Gasteiger partial charge is 0.268 e. The molecule has 0 radical (unpaired) electrons. The van der Waals surface area contributed by atoms with Gasteiger partial charge in [0, 0.05) is 6.42 Å². The van der Waals surface area contributed by atoms with Crippen molar-refractivity contribution in [1.29, 1.82) is 0 Å². The van der Waals surface area contributed by atoms with Gasteiger partial charge < -0.3 is 28.8 Å². The van der Waals surface area contributed by atoms with E-state index in [0.29, 0.717) is 17.4 Å². The van der Waals surface area contributed by atoms with Crippen molar-refractivity contribution in [2.75, 3.05) is 40.9 Å². The van der Waals surface area contributed by atoms with Gasteiger partial charge in [0.25, 0.3) is 7.82 Å². The van der Waals surface area contributed by atoms with Gasteiger partial charge in [0.1, 0.15) is 13.2 Å². The summed E-state index contributed by atoms with van der Waals surface area (Å²) in [7, 11) is 1.23. The second-order valence-corrected chi connectivity index (χ2v) is 21.0. The number of nitrogens with one attached hydrogen (secondary N) is 1. The number of aliphatic hydroxyl groups excluding tert-OH is 1. The average molecular weight is 921 g/mol. The molecule has 0 rings (SSSR count). The molecule has 0 aliphatic rings. The fourth-order valence-corrected chi connectivity index (χ4v) is 8.56. The van der Waals surface area contributed by atoms with Crippen molar-refractivity contribution >= 4 is 13.7 Å². The zero-order valence-electron chi connectivity index (χ0n) is 42.7. The normalized spacial score (nSPS) is 14.4. The summed E-state index contributed by atoms with van der Waals surface area (Å²) in [5, 5.41) is 13.7. The number of unbranched alkanes of at least 4 members (excludes halogenated alkanes) is 31. The van der Waals surface area contributed by atoms with Gasteiger partial charge in [-0.2, -0.15) is 0 Å². The topological polar surface area (TPSA) is 108 Å². The van der Waals surface area contributed by atoms with E-state index in [2.05, 4.69) is 42.6 Å². The predicted octanol–water partition coefficient (Wildman–Crippen LogP) is 15.3. The average Bonchev–Trinajstić information content (AvgIpc) is 3.25. The molecular weight excluding hydrogens is 816 g/mol. The van der Waals surface area contributed by atoms with E-state index >= 15 is 0 Å². The molecule has 0 spiro atoms. The van der Waals surface area contributed by atoms with Gasteiger partial charge >= 0.3 is 0 Å². The monoisotopic (exact) mass is 921 g/mol. The maximum atomic E-state index is 12.9. The summed E-state index contributed by atoms with van der Waals surface area (Å²) < 4.78 is 23.1. The number of carbonyl (C=O) groups excluding carboxylic acids is 1. The summed E-state index contributed by atoms with van der Waals surface area (Å²) in [5.74, 6) is -0.213. The van der Waals surface area contributed by atoms with Gasteiger partial charge in [-0.05, 0) is 64.7 Å². The summed E-state index contributed by atoms with van der Waals surface area (Å²) >= 11 is 0. The minimum Gasteiger partial charge on any atom is -0.756 e. The summed E-state index contributed by atoms with van der Waals surface area (Å²) in [5.41, 5.74) is 0. The van der Waals surface area contributed by atoms with E-state index in [1.165, 1.54) is 180 Å². The van der Waals surface area contributed by atoms with Gasteiger partial charge in [0.15, 0.2) is 0 Å². The third kappa shape index (κ3) is 48.4. The molecule has 1 amide bonds. The highest BCUT2D eigenvalue weighted by atomic mass is 31.2. The number of amides is 1. The molecule has 0 bridgehead atoms. The van der Waals surface area contributed by atoms with Gasteiger partial charge in [0.2, 0.25) is 5.91 Å². The molecule has 0 aliphatic carbocycles. The van der Waals surface area contributed by atoms with Gasteiger partial charge in [-0.15, -0.1) is 0 Å². The van der Waals surface area contributed by atoms with Crippen molar-refractivity contribution in [3.05, 3.63) is 48.6 Å². The number of likely N-dealkylation sites (N-methyl/N-ethyl adjacent to an activating group) is 1. The Bertz CT molecular complexity index is 1180. The minimum atomic E-state index is -4.60. The Kier molecular flexibility index (Phi) is 45.4. The second-order valence-electron chi connectivity index (χ2n) is 19.6. The number of rotatable bonds is 49. The number of phosphoric ester groups is 1. The van der Waals surface area contributed by atoms with E-state index in [0.717, 1.165) is 44.9 Å². The summed E-state index contributed by atoms with van der Waals surface area (Å²) in [6.07, 6.45) is 61.0. The highest BCUT2D eigenvalue weighted by molar-refractivity contribution is 7.45. The Morgan fingerprint density at radius 3 is 1.36 bits per heavy atom. The molecule has 3 unspecified atom stereocenters. The summed E-state index contributed by atoms with van der Waals surface area (Å²) in [4.78, 5) is 25.3. The highest BCUT2D eigenvalue weighted by Crippen LogP contribution is 2.38. The van der Waals surface area contributed by atoms with Crippen LogP contribution in [0.1, 0.15) is 245 Å². The standard InChI is InChI=1S/C55H105N2O6P/c1-6-8-10-12-14-16-17-18-19-20-21-22-23-24-25-26-27-28-29-30-31-32-33-34-35-36-37-38-39-41-43-45-47-49-55(59)56-53(52-63-64(60,61)62-51-50-57(3,4)5)54(58)48-46-44-42-40-15-13-11-9-7-2/h7,9,15,24-25,40,46,48,53-54,58H,6,8,10-14,16-23,26-39,41-45,47,49-52H2,1-5H3,(H-,56,59,60,61)/b9-7+,25-24-,40-15+,48-46+. The van der Waals surface area contributed by atoms with Gasteiger partial charge in [-0.25, -0.2) is 0 Å². The molecule has 0 aromatic carbocycles. The SMILES string of the molecule is C/C=C/CC/C=C/CC/C=C/C(O)C(COP(=O)([O-])OCC[N+](C)(C)C)NC(=O)CCCCCCCCCCCCCCCCCCC/C=C\CCCCCCCCCCCCCC. The van der Waals surface area contributed by atoms with E-state index in [1.54, 1.807) is 6.08 Å². The van der Waals surface area contributed by atoms with Crippen LogP contribution in [0.25, 0.3) is 0 Å². The van der Waals surface area contributed by atoms with Gasteiger partial charge in [-0.1, -0.05) is 222 Å². The summed E-state index contributed by atoms with van der Waals surface area (Å²) in [6, 6.07) is -0.907. The van der Waals surface area contributed by atoms with Crippen LogP contribution in [0.3, 0.4) is 0 Å². The lowest BCUT2D eigenvalue weighted by molar-refractivity contribution is -0.870. The van der Waals surface area contributed by atoms with E-state index in [9.17, 15) is 19.4 Å². The number of carbonyl (C=O) groups is 1. The molecule has 0 aromatic rings. The second kappa shape index (κ2) is 46.6. The van der Waals surface area contributed by atoms with Gasteiger partial charge in [0.05, 0.1) is 39.9 Å². The fourth-order valence-electron chi connectivity index (χ4n) is 7.84. The van der Waals surface area contributed by atoms with Crippen LogP contribution < -0.4 is 10.2 Å². The van der Waals surface area contributed by atoms with E-state index in [1.807, 2.05) is 40.2 Å². The zero-order valence-corrected chi connectivity index (χ0v) is 43.6. The fraction of sp³-hybridized carbons (Fsp3) is 0.836. The molecule has 0 aromatic heterocycles. The van der Waals surface area contributed by atoms with Crippen LogP contribution in [0.5, 0.6) is 0 Å². The molecule has 0 saturated carbocycles. The van der Waals surface area contributed by atoms with Crippen LogP contribution in [-0.4, -0.2) is 68.5 Å². The third-order valence-corrected chi connectivity index (χ3v) is 13.0. The molecule has 3 atom stereocenters. The van der Waals surface area contributed by atoms with Crippen molar-refractivity contribution in [1.82, 2.24) is 5.32 Å². The van der Waals surface area contributed by atoms with Crippen LogP contribution in [0.15, 0.2) is 48.6 Å². The molecule has 0 aliphatic heterocycles. The maximum absolute atomic E-state index is 12.9. The molecule has 9 heteroatoms. The molecule has 376 valence electrons. The number of nitrogens with zero attached hydrogens (tertiary/aromatic N) is 1. The molecular formula is C55H105N2O6P. The number of allylic oxidation sites excluding steroid dienone is 7. The Morgan fingerprint density at radius 2 is 0.938 bits per heavy atom. The predicted molar refractivity (Wildman–Crippen MR) is 274 cm³/mol. The van der Waals surface area contributed by atoms with Gasteiger partial charge in [-0.3, -0.25) is 9.36 Å². The first-order valence-corrected chi connectivity index (χ1v) is 28.4. The van der Waals surface area contributed by atoms with E-state index in [-0.39, 0.29) is 12.5 Å². The molecule has 0 fully saturated rings. The van der Waals surface area contributed by atoms with Crippen LogP contribution in [0.2, 0.25) is 0 Å². The van der Waals surface area contributed by atoms with Crippen LogP contribution in [-0.2, 0) is 18.4 Å². The van der Waals surface area contributed by atoms with Crippen molar-refractivity contribution in [3.8, 4) is 0 Å². The lowest BCUT2D eigenvalue weighted by Gasteiger charge is -2.29. The first kappa shape index (κ1) is 62.5. The first-order chi connectivity index (χ1) is 31.0. The largest absolute Gasteiger partial charge is 0.756 e.